The Morgan fingerprint density at radius 1 is 1.58 bits per heavy atom. The van der Waals surface area contributed by atoms with Gasteiger partial charge in [0, 0.05) is 6.42 Å². The van der Waals surface area contributed by atoms with Crippen molar-refractivity contribution < 1.29 is 25.0 Å². The van der Waals surface area contributed by atoms with Gasteiger partial charge in [0.15, 0.2) is 0 Å². The molecular weight excluding hydrogens is 254 g/mol. The number of amides is 2. The first-order chi connectivity index (χ1) is 8.99. The van der Waals surface area contributed by atoms with E-state index in [1.54, 1.807) is 0 Å². The summed E-state index contributed by atoms with van der Waals surface area (Å²) in [5, 5.41) is 28.5. The average Bonchev–Trinajstić information content (AvgIpc) is 2.77. The van der Waals surface area contributed by atoms with Gasteiger partial charge in [-0.05, 0) is 0 Å². The second-order valence-electron chi connectivity index (χ2n) is 4.35. The minimum Gasteiger partial charge on any atom is -0.394 e. The zero-order valence-corrected chi connectivity index (χ0v) is 10.1. The molecule has 8 nitrogen and oxygen atoms in total. The molecule has 0 bridgehead atoms. The van der Waals surface area contributed by atoms with Gasteiger partial charge in [0.2, 0.25) is 0 Å². The molecule has 3 atom stereocenters. The fourth-order valence-corrected chi connectivity index (χ4v) is 2.09. The summed E-state index contributed by atoms with van der Waals surface area (Å²) in [7, 11) is 0. The molecule has 1 fully saturated rings. The number of ether oxygens (including phenoxy) is 1. The Morgan fingerprint density at radius 3 is 2.79 bits per heavy atom. The molecular formula is C11H15N3O5. The van der Waals surface area contributed by atoms with E-state index in [9.17, 15) is 15.1 Å². The largest absolute Gasteiger partial charge is 0.394 e. The summed E-state index contributed by atoms with van der Waals surface area (Å²) >= 11 is 0. The van der Waals surface area contributed by atoms with E-state index in [2.05, 4.69) is 5.92 Å². The Bertz CT molecular complexity index is 458. The van der Waals surface area contributed by atoms with Gasteiger partial charge in [0.1, 0.15) is 18.2 Å². The Labute approximate surface area is 109 Å². The molecule has 2 rings (SSSR count). The van der Waals surface area contributed by atoms with Crippen LogP contribution in [-0.4, -0.2) is 63.0 Å². The van der Waals surface area contributed by atoms with Crippen LogP contribution in [0.2, 0.25) is 0 Å². The number of aliphatic hydroxyl groups excluding tert-OH is 2. The summed E-state index contributed by atoms with van der Waals surface area (Å²) in [5.74, 6) is 2.09. The van der Waals surface area contributed by atoms with Crippen LogP contribution in [0.3, 0.4) is 0 Å². The molecule has 104 valence electrons. The van der Waals surface area contributed by atoms with Gasteiger partial charge in [-0.15, -0.1) is 6.42 Å². The molecule has 0 aliphatic carbocycles. The van der Waals surface area contributed by atoms with Crippen molar-refractivity contribution in [3.8, 4) is 12.3 Å². The standard InChI is InChI=1S/C11H15N3O5/c1-2-6-4-13(11(17)14(18)10(6)12)9-3-7(16)8(5-15)19-9/h1,7-9,15-16,18H,3-5,12H2/t7-,8+,9+/m0/s1. The van der Waals surface area contributed by atoms with Crippen molar-refractivity contribution in [3.05, 3.63) is 11.4 Å². The number of hydroxylamine groups is 2. The lowest BCUT2D eigenvalue weighted by molar-refractivity contribution is -0.0912. The van der Waals surface area contributed by atoms with Gasteiger partial charge >= 0.3 is 6.03 Å². The lowest BCUT2D eigenvalue weighted by Crippen LogP contribution is -2.52. The van der Waals surface area contributed by atoms with Crippen LogP contribution in [0.1, 0.15) is 6.42 Å². The van der Waals surface area contributed by atoms with Crippen molar-refractivity contribution in [3.63, 3.8) is 0 Å². The maximum Gasteiger partial charge on any atom is 0.352 e. The summed E-state index contributed by atoms with van der Waals surface area (Å²) in [6, 6.07) is -0.785. The van der Waals surface area contributed by atoms with Crippen molar-refractivity contribution in [1.29, 1.82) is 0 Å². The Hall–Kier alpha value is -1.79. The highest BCUT2D eigenvalue weighted by Crippen LogP contribution is 2.27. The molecule has 8 heteroatoms. The summed E-state index contributed by atoms with van der Waals surface area (Å²) in [6.07, 6.45) is 2.96. The first kappa shape index (κ1) is 13.6. The quantitative estimate of drug-likeness (QED) is 0.353. The second kappa shape index (κ2) is 5.07. The topological polar surface area (TPSA) is 119 Å². The van der Waals surface area contributed by atoms with E-state index in [1.807, 2.05) is 0 Å². The maximum atomic E-state index is 11.9. The number of carbonyl (C=O) groups excluding carboxylic acids is 1. The van der Waals surface area contributed by atoms with Crippen molar-refractivity contribution in [1.82, 2.24) is 9.96 Å². The first-order valence-electron chi connectivity index (χ1n) is 5.68. The van der Waals surface area contributed by atoms with Gasteiger partial charge in [0.25, 0.3) is 0 Å². The Morgan fingerprint density at radius 2 is 2.26 bits per heavy atom. The smallest absolute Gasteiger partial charge is 0.352 e. The zero-order valence-electron chi connectivity index (χ0n) is 10.1. The van der Waals surface area contributed by atoms with Gasteiger partial charge in [0.05, 0.1) is 24.8 Å². The van der Waals surface area contributed by atoms with Gasteiger partial charge < -0.3 is 20.7 Å². The highest BCUT2D eigenvalue weighted by Gasteiger charge is 2.42. The zero-order chi connectivity index (χ0) is 14.2. The van der Waals surface area contributed by atoms with E-state index in [-0.39, 0.29) is 36.0 Å². The summed E-state index contributed by atoms with van der Waals surface area (Å²) < 4.78 is 5.34. The number of hydrogen-bond donors (Lipinski definition) is 4. The van der Waals surface area contributed by atoms with Crippen LogP contribution in [0, 0.1) is 12.3 Å². The van der Waals surface area contributed by atoms with E-state index in [0.717, 1.165) is 4.90 Å². The first-order valence-corrected chi connectivity index (χ1v) is 5.68. The minimum atomic E-state index is -0.882. The summed E-state index contributed by atoms with van der Waals surface area (Å²) in [5.41, 5.74) is 5.74. The predicted molar refractivity (Wildman–Crippen MR) is 62.1 cm³/mol. The lowest BCUT2D eigenvalue weighted by Gasteiger charge is -2.35. The van der Waals surface area contributed by atoms with Crippen molar-refractivity contribution >= 4 is 6.03 Å². The highest BCUT2D eigenvalue weighted by atomic mass is 16.6. The Kier molecular flexibility index (Phi) is 3.64. The molecule has 0 unspecified atom stereocenters. The third-order valence-corrected chi connectivity index (χ3v) is 3.20. The molecule has 2 amide bonds. The monoisotopic (exact) mass is 269 g/mol. The molecule has 0 aromatic heterocycles. The van der Waals surface area contributed by atoms with Crippen LogP contribution < -0.4 is 5.73 Å². The van der Waals surface area contributed by atoms with E-state index in [0.29, 0.717) is 0 Å². The molecule has 1 saturated heterocycles. The molecule has 0 aromatic rings. The second-order valence-corrected chi connectivity index (χ2v) is 4.35. The van der Waals surface area contributed by atoms with Gasteiger partial charge in [-0.3, -0.25) is 10.1 Å². The summed E-state index contributed by atoms with van der Waals surface area (Å²) in [4.78, 5) is 13.0. The number of terminal acetylenes is 1. The molecule has 5 N–H and O–H groups in total. The molecule has 0 saturated carbocycles. The van der Waals surface area contributed by atoms with Gasteiger partial charge in [-0.25, -0.2) is 4.79 Å². The van der Waals surface area contributed by atoms with E-state index < -0.39 is 24.5 Å². The number of rotatable bonds is 2. The summed E-state index contributed by atoms with van der Waals surface area (Å²) in [6.45, 7) is -0.351. The molecule has 2 heterocycles. The molecule has 2 aliphatic rings. The highest BCUT2D eigenvalue weighted by molar-refractivity contribution is 5.77. The SMILES string of the molecule is C#CC1=C(N)N(O)C(=O)N([C@H]2C[C@H](O)[C@@H](CO)O2)C1. The average molecular weight is 269 g/mol. The molecule has 0 radical (unpaired) electrons. The molecule has 19 heavy (non-hydrogen) atoms. The fourth-order valence-electron chi connectivity index (χ4n) is 2.09. The number of nitrogens with zero attached hydrogens (tertiary/aromatic N) is 2. The Balaban J connectivity index is 2.19. The van der Waals surface area contributed by atoms with Crippen molar-refractivity contribution in [2.24, 2.45) is 5.73 Å². The van der Waals surface area contributed by atoms with Gasteiger partial charge in [-0.1, -0.05) is 5.92 Å². The number of urea groups is 1. The third-order valence-electron chi connectivity index (χ3n) is 3.20. The molecule has 0 aromatic carbocycles. The maximum absolute atomic E-state index is 11.9. The number of hydrogen-bond acceptors (Lipinski definition) is 6. The van der Waals surface area contributed by atoms with Crippen LogP contribution in [0.15, 0.2) is 11.4 Å². The van der Waals surface area contributed by atoms with Crippen LogP contribution >= 0.6 is 0 Å². The van der Waals surface area contributed by atoms with Crippen LogP contribution in [0.25, 0.3) is 0 Å². The van der Waals surface area contributed by atoms with Crippen LogP contribution in [0.5, 0.6) is 0 Å². The normalized spacial score (nSPS) is 31.9. The number of aliphatic hydroxyl groups is 2. The fraction of sp³-hybridized carbons (Fsp3) is 0.545. The van der Waals surface area contributed by atoms with E-state index in [4.69, 9.17) is 22.0 Å². The van der Waals surface area contributed by atoms with E-state index in [1.165, 1.54) is 0 Å². The van der Waals surface area contributed by atoms with Crippen molar-refractivity contribution in [2.75, 3.05) is 13.2 Å². The minimum absolute atomic E-state index is 0.00770. The van der Waals surface area contributed by atoms with Crippen molar-refractivity contribution in [2.45, 2.75) is 24.9 Å². The third kappa shape index (κ3) is 2.24. The molecule has 2 aliphatic heterocycles. The van der Waals surface area contributed by atoms with Crippen LogP contribution in [-0.2, 0) is 4.74 Å². The predicted octanol–water partition coefficient (Wildman–Crippen LogP) is -1.62. The molecule has 0 spiro atoms. The van der Waals surface area contributed by atoms with Gasteiger partial charge in [-0.2, -0.15) is 5.06 Å². The van der Waals surface area contributed by atoms with E-state index >= 15 is 0 Å². The number of carbonyl (C=O) groups is 1. The number of nitrogens with two attached hydrogens (primary N) is 1. The lowest BCUT2D eigenvalue weighted by atomic mass is 10.1. The van der Waals surface area contributed by atoms with Crippen LogP contribution in [0.4, 0.5) is 4.79 Å².